The molecule has 0 bridgehead atoms. The van der Waals surface area contributed by atoms with Crippen LogP contribution in [-0.4, -0.2) is 0 Å². The van der Waals surface area contributed by atoms with Crippen LogP contribution in [0, 0.1) is 11.8 Å². The Bertz CT molecular complexity index is 448. The molecule has 0 aromatic heterocycles. The topological polar surface area (TPSA) is 0 Å². The minimum Gasteiger partial charge on any atom is -0.103 e. The maximum Gasteiger partial charge on any atom is 0.0340 e. The van der Waals surface area contributed by atoms with Crippen molar-refractivity contribution in [2.24, 2.45) is 0 Å². The largest absolute Gasteiger partial charge is 0.103 e. The van der Waals surface area contributed by atoms with E-state index < -0.39 is 0 Å². The van der Waals surface area contributed by atoms with Crippen LogP contribution in [0.15, 0.2) is 30.3 Å². The van der Waals surface area contributed by atoms with Crippen LogP contribution in [0.25, 0.3) is 0 Å². The highest BCUT2D eigenvalue weighted by molar-refractivity contribution is 5.20. The first-order valence-corrected chi connectivity index (χ1v) is 11.4. The summed E-state index contributed by atoms with van der Waals surface area (Å²) in [6.07, 6.45) is 23.4. The molecule has 0 aliphatic carbocycles. The van der Waals surface area contributed by atoms with Gasteiger partial charge in [-0.05, 0) is 12.0 Å². The number of hydrogen-bond donors (Lipinski definition) is 0. The molecule has 1 aromatic rings. The van der Waals surface area contributed by atoms with E-state index in [9.17, 15) is 0 Å². The molecule has 0 N–H and O–H groups in total. The van der Waals surface area contributed by atoms with Crippen LogP contribution in [-0.2, 0) is 6.42 Å². The second kappa shape index (κ2) is 18.6. The zero-order chi connectivity index (χ0) is 18.5. The number of unbranched alkanes of at least 4 members (excludes halogenated alkanes) is 15. The molecule has 26 heavy (non-hydrogen) atoms. The molecule has 1 aromatic carbocycles. The van der Waals surface area contributed by atoms with Gasteiger partial charge in [0.2, 0.25) is 0 Å². The Balaban J connectivity index is 1.75. The van der Waals surface area contributed by atoms with E-state index in [1.165, 1.54) is 102 Å². The van der Waals surface area contributed by atoms with Gasteiger partial charge in [-0.15, -0.1) is 5.92 Å². The van der Waals surface area contributed by atoms with Crippen molar-refractivity contribution in [1.82, 2.24) is 0 Å². The van der Waals surface area contributed by atoms with E-state index in [0.29, 0.717) is 0 Å². The molecule has 0 heterocycles. The molecule has 0 nitrogen and oxygen atoms in total. The molecular formula is C26H42. The van der Waals surface area contributed by atoms with E-state index >= 15 is 0 Å². The van der Waals surface area contributed by atoms with Crippen molar-refractivity contribution in [1.29, 1.82) is 0 Å². The summed E-state index contributed by atoms with van der Waals surface area (Å²) in [6, 6.07) is 10.6. The minimum absolute atomic E-state index is 0.902. The molecule has 0 radical (unpaired) electrons. The standard InChI is InChI=1S/C26H42/c1-2-3-4-5-6-7-8-9-10-11-12-13-14-15-16-17-18-20-23-26-24-21-19-22-25-26/h19,21-22,24-25H,2-17,23H2,1H3. The van der Waals surface area contributed by atoms with Gasteiger partial charge in [0.25, 0.3) is 0 Å². The molecule has 1 rings (SSSR count). The van der Waals surface area contributed by atoms with Crippen LogP contribution in [0.1, 0.15) is 115 Å². The van der Waals surface area contributed by atoms with Crippen molar-refractivity contribution in [3.05, 3.63) is 35.9 Å². The Labute approximate surface area is 164 Å². The maximum absolute atomic E-state index is 3.33. The molecule has 0 saturated heterocycles. The van der Waals surface area contributed by atoms with E-state index in [0.717, 1.165) is 12.8 Å². The van der Waals surface area contributed by atoms with Gasteiger partial charge in [-0.25, -0.2) is 0 Å². The first-order valence-electron chi connectivity index (χ1n) is 11.4. The van der Waals surface area contributed by atoms with E-state index in [1.807, 2.05) is 0 Å². The van der Waals surface area contributed by atoms with Crippen molar-refractivity contribution in [3.8, 4) is 11.8 Å². The minimum atomic E-state index is 0.902. The molecule has 146 valence electrons. The van der Waals surface area contributed by atoms with E-state index in [2.05, 4.69) is 49.1 Å². The smallest absolute Gasteiger partial charge is 0.0340 e. The highest BCUT2D eigenvalue weighted by Gasteiger charge is 1.94. The van der Waals surface area contributed by atoms with Crippen molar-refractivity contribution >= 4 is 0 Å². The maximum atomic E-state index is 3.33. The molecule has 0 unspecified atom stereocenters. The monoisotopic (exact) mass is 354 g/mol. The van der Waals surface area contributed by atoms with Crippen molar-refractivity contribution < 1.29 is 0 Å². The summed E-state index contributed by atoms with van der Waals surface area (Å²) < 4.78 is 0. The highest BCUT2D eigenvalue weighted by atomic mass is 14.0. The van der Waals surface area contributed by atoms with Gasteiger partial charge in [0.05, 0.1) is 0 Å². The molecule has 0 fully saturated rings. The fourth-order valence-electron chi connectivity index (χ4n) is 3.43. The molecule has 0 spiro atoms. The second-order valence-electron chi connectivity index (χ2n) is 7.72. The van der Waals surface area contributed by atoms with E-state index in [4.69, 9.17) is 0 Å². The number of benzene rings is 1. The van der Waals surface area contributed by atoms with Gasteiger partial charge >= 0.3 is 0 Å². The molecule has 0 heteroatoms. The Hall–Kier alpha value is -1.22. The van der Waals surface area contributed by atoms with Gasteiger partial charge in [0.15, 0.2) is 0 Å². The molecule has 0 saturated carbocycles. The van der Waals surface area contributed by atoms with Crippen LogP contribution >= 0.6 is 0 Å². The van der Waals surface area contributed by atoms with Crippen molar-refractivity contribution in [3.63, 3.8) is 0 Å². The van der Waals surface area contributed by atoms with Crippen LogP contribution in [0.3, 0.4) is 0 Å². The van der Waals surface area contributed by atoms with Crippen LogP contribution in [0.2, 0.25) is 0 Å². The summed E-state index contributed by atoms with van der Waals surface area (Å²) in [4.78, 5) is 0. The Kier molecular flexibility index (Phi) is 16.3. The summed E-state index contributed by atoms with van der Waals surface area (Å²) in [5.74, 6) is 6.63. The Morgan fingerprint density at radius 1 is 0.538 bits per heavy atom. The van der Waals surface area contributed by atoms with Gasteiger partial charge < -0.3 is 0 Å². The summed E-state index contributed by atoms with van der Waals surface area (Å²) in [5.41, 5.74) is 1.33. The first kappa shape index (κ1) is 22.8. The summed E-state index contributed by atoms with van der Waals surface area (Å²) in [5, 5.41) is 0. The quantitative estimate of drug-likeness (QED) is 0.206. The average molecular weight is 355 g/mol. The molecule has 0 atom stereocenters. The van der Waals surface area contributed by atoms with Gasteiger partial charge in [0, 0.05) is 12.8 Å². The van der Waals surface area contributed by atoms with Gasteiger partial charge in [-0.1, -0.05) is 133 Å². The lowest BCUT2D eigenvalue weighted by atomic mass is 10.0. The summed E-state index contributed by atoms with van der Waals surface area (Å²) >= 11 is 0. The zero-order valence-corrected chi connectivity index (χ0v) is 17.4. The van der Waals surface area contributed by atoms with Crippen molar-refractivity contribution in [2.45, 2.75) is 116 Å². The van der Waals surface area contributed by atoms with Gasteiger partial charge in [0.1, 0.15) is 0 Å². The third-order valence-electron chi connectivity index (χ3n) is 5.17. The van der Waals surface area contributed by atoms with Gasteiger partial charge in [-0.3, -0.25) is 0 Å². The number of hydrogen-bond acceptors (Lipinski definition) is 0. The molecule has 0 amide bonds. The lowest BCUT2D eigenvalue weighted by Gasteiger charge is -2.03. The normalized spacial score (nSPS) is 10.5. The van der Waals surface area contributed by atoms with Crippen LogP contribution in [0.4, 0.5) is 0 Å². The molecule has 0 aliphatic heterocycles. The Morgan fingerprint density at radius 2 is 1.00 bits per heavy atom. The predicted octanol–water partition coefficient (Wildman–Crippen LogP) is 8.49. The third-order valence-corrected chi connectivity index (χ3v) is 5.17. The van der Waals surface area contributed by atoms with Crippen LogP contribution < -0.4 is 0 Å². The van der Waals surface area contributed by atoms with Gasteiger partial charge in [-0.2, -0.15) is 0 Å². The SMILES string of the molecule is CCCCCCCCCCCCCCCCCC#CCc1ccccc1. The second-order valence-corrected chi connectivity index (χ2v) is 7.72. The highest BCUT2D eigenvalue weighted by Crippen LogP contribution is 2.13. The van der Waals surface area contributed by atoms with Crippen molar-refractivity contribution in [2.75, 3.05) is 0 Å². The lowest BCUT2D eigenvalue weighted by molar-refractivity contribution is 0.533. The lowest BCUT2D eigenvalue weighted by Crippen LogP contribution is -1.83. The van der Waals surface area contributed by atoms with E-state index in [-0.39, 0.29) is 0 Å². The average Bonchev–Trinajstić information content (AvgIpc) is 2.68. The fraction of sp³-hybridized carbons (Fsp3) is 0.692. The summed E-state index contributed by atoms with van der Waals surface area (Å²) in [7, 11) is 0. The Morgan fingerprint density at radius 3 is 1.50 bits per heavy atom. The third kappa shape index (κ3) is 15.1. The number of rotatable bonds is 16. The van der Waals surface area contributed by atoms with E-state index in [1.54, 1.807) is 0 Å². The fourth-order valence-corrected chi connectivity index (χ4v) is 3.43. The first-order chi connectivity index (χ1) is 12.9. The molecule has 0 aliphatic rings. The zero-order valence-electron chi connectivity index (χ0n) is 17.4. The molecular weight excluding hydrogens is 312 g/mol. The summed E-state index contributed by atoms with van der Waals surface area (Å²) in [6.45, 7) is 2.29. The predicted molar refractivity (Wildman–Crippen MR) is 117 cm³/mol. The van der Waals surface area contributed by atoms with Crippen LogP contribution in [0.5, 0.6) is 0 Å².